The molecule has 4 rings (SSSR count). The van der Waals surface area contributed by atoms with Gasteiger partial charge in [-0.3, -0.25) is 0 Å². The minimum atomic E-state index is 0.398. The van der Waals surface area contributed by atoms with Gasteiger partial charge in [-0.1, -0.05) is 18.2 Å². The molecular weight excluding hydrogens is 410 g/mol. The molecule has 0 spiro atoms. The van der Waals surface area contributed by atoms with E-state index in [0.717, 1.165) is 42.5 Å². The molecule has 1 aliphatic rings. The molecule has 3 aromatic rings. The lowest BCUT2D eigenvalue weighted by Crippen LogP contribution is -2.38. The Balaban J connectivity index is 1.52. The molecule has 0 saturated carbocycles. The first kappa shape index (κ1) is 21.1. The number of hydrogen-bond acceptors (Lipinski definition) is 6. The van der Waals surface area contributed by atoms with Gasteiger partial charge in [0.05, 0.1) is 6.54 Å². The Kier molecular flexibility index (Phi) is 6.66. The van der Waals surface area contributed by atoms with E-state index < -0.39 is 0 Å². The van der Waals surface area contributed by atoms with Crippen molar-refractivity contribution in [3.05, 3.63) is 60.1 Å². The number of piperidine rings is 1. The first-order chi connectivity index (χ1) is 15.1. The second-order valence-corrected chi connectivity index (χ2v) is 8.07. The van der Waals surface area contributed by atoms with Gasteiger partial charge in [-0.05, 0) is 69.6 Å². The molecule has 0 unspecified atom stereocenters. The number of furan rings is 1. The van der Waals surface area contributed by atoms with E-state index in [0.29, 0.717) is 29.5 Å². The van der Waals surface area contributed by atoms with Crippen molar-refractivity contribution in [2.24, 2.45) is 0 Å². The minimum Gasteiger partial charge on any atom is -0.465 e. The van der Waals surface area contributed by atoms with Crippen molar-refractivity contribution in [2.75, 3.05) is 16.8 Å². The van der Waals surface area contributed by atoms with Crippen molar-refractivity contribution < 1.29 is 9.15 Å². The number of nitrogens with one attached hydrogen (secondary N) is 2. The standard InChI is InChI=1S/C23H27N5O2S/c1-16-8-6-7-13-28(16)20-14-21(30-18-9-4-3-5-10-18)26-22(25-20)27-23(31)24-15-19-12-11-17(2)29-19/h3-5,9-12,14,16H,6-8,13,15H2,1-2H3,(H2,24,25,26,27,31)/t16-/m1/s1. The van der Waals surface area contributed by atoms with Crippen LogP contribution in [0.3, 0.4) is 0 Å². The molecule has 1 saturated heterocycles. The zero-order chi connectivity index (χ0) is 21.6. The smallest absolute Gasteiger partial charge is 0.234 e. The SMILES string of the molecule is Cc1ccc(CNC(=S)Nc2nc(Oc3ccccc3)cc(N3CCCC[C@H]3C)n2)o1. The molecule has 8 heteroatoms. The Morgan fingerprint density at radius 2 is 2.03 bits per heavy atom. The molecule has 2 N–H and O–H groups in total. The maximum absolute atomic E-state index is 6.00. The van der Waals surface area contributed by atoms with E-state index in [1.54, 1.807) is 0 Å². The number of benzene rings is 1. The maximum atomic E-state index is 6.00. The van der Waals surface area contributed by atoms with Crippen molar-refractivity contribution >= 4 is 29.1 Å². The summed E-state index contributed by atoms with van der Waals surface area (Å²) in [5, 5.41) is 6.64. The zero-order valence-corrected chi connectivity index (χ0v) is 18.6. The second-order valence-electron chi connectivity index (χ2n) is 7.66. The van der Waals surface area contributed by atoms with E-state index >= 15 is 0 Å². The van der Waals surface area contributed by atoms with E-state index in [-0.39, 0.29) is 0 Å². The van der Waals surface area contributed by atoms with Crippen molar-refractivity contribution in [3.63, 3.8) is 0 Å². The highest BCUT2D eigenvalue weighted by Gasteiger charge is 2.21. The summed E-state index contributed by atoms with van der Waals surface area (Å²) in [7, 11) is 0. The fourth-order valence-corrected chi connectivity index (χ4v) is 3.77. The van der Waals surface area contributed by atoms with Gasteiger partial charge in [-0.25, -0.2) is 0 Å². The summed E-state index contributed by atoms with van der Waals surface area (Å²) in [6, 6.07) is 15.8. The van der Waals surface area contributed by atoms with Crippen molar-refractivity contribution in [1.29, 1.82) is 0 Å². The van der Waals surface area contributed by atoms with Crippen LogP contribution >= 0.6 is 12.2 Å². The van der Waals surface area contributed by atoms with Gasteiger partial charge in [0.2, 0.25) is 11.8 Å². The minimum absolute atomic E-state index is 0.398. The molecule has 3 heterocycles. The van der Waals surface area contributed by atoms with E-state index in [9.17, 15) is 0 Å². The lowest BCUT2D eigenvalue weighted by Gasteiger charge is -2.34. The number of hydrogen-bond donors (Lipinski definition) is 2. The lowest BCUT2D eigenvalue weighted by atomic mass is 10.0. The van der Waals surface area contributed by atoms with Crippen LogP contribution in [0.1, 0.15) is 37.7 Å². The molecule has 2 aromatic heterocycles. The Bertz CT molecular complexity index is 1020. The molecule has 1 aliphatic heterocycles. The van der Waals surface area contributed by atoms with Crippen molar-refractivity contribution in [1.82, 2.24) is 15.3 Å². The Labute approximate surface area is 187 Å². The largest absolute Gasteiger partial charge is 0.465 e. The summed E-state index contributed by atoms with van der Waals surface area (Å²) < 4.78 is 11.6. The third-order valence-electron chi connectivity index (χ3n) is 5.20. The molecule has 162 valence electrons. The average Bonchev–Trinajstić information content (AvgIpc) is 3.18. The van der Waals surface area contributed by atoms with E-state index in [1.165, 1.54) is 6.42 Å². The van der Waals surface area contributed by atoms with Gasteiger partial charge in [-0.15, -0.1) is 0 Å². The molecule has 0 amide bonds. The van der Waals surface area contributed by atoms with Gasteiger partial charge in [-0.2, -0.15) is 9.97 Å². The Morgan fingerprint density at radius 3 is 2.77 bits per heavy atom. The molecule has 0 aliphatic carbocycles. The molecule has 1 atom stereocenters. The third-order valence-corrected chi connectivity index (χ3v) is 5.44. The monoisotopic (exact) mass is 437 g/mol. The quantitative estimate of drug-likeness (QED) is 0.520. The average molecular weight is 438 g/mol. The molecule has 0 bridgehead atoms. The van der Waals surface area contributed by atoms with E-state index in [2.05, 4.69) is 27.4 Å². The molecular formula is C23H27N5O2S. The van der Waals surface area contributed by atoms with Crippen LogP contribution in [-0.4, -0.2) is 27.7 Å². The number of ether oxygens (including phenoxy) is 1. The maximum Gasteiger partial charge on any atom is 0.234 e. The normalized spacial score (nSPS) is 16.1. The number of para-hydroxylation sites is 1. The van der Waals surface area contributed by atoms with Gasteiger partial charge >= 0.3 is 0 Å². The summed E-state index contributed by atoms with van der Waals surface area (Å²) in [6.45, 7) is 5.58. The molecule has 0 radical (unpaired) electrons. The van der Waals surface area contributed by atoms with Gasteiger partial charge in [0.15, 0.2) is 5.11 Å². The van der Waals surface area contributed by atoms with Crippen molar-refractivity contribution in [2.45, 2.75) is 45.7 Å². The van der Waals surface area contributed by atoms with Gasteiger partial charge in [0, 0.05) is 18.7 Å². The van der Waals surface area contributed by atoms with E-state index in [4.69, 9.17) is 26.4 Å². The number of anilines is 2. The second kappa shape index (κ2) is 9.78. The van der Waals surface area contributed by atoms with E-state index in [1.807, 2.05) is 55.5 Å². The first-order valence-electron chi connectivity index (χ1n) is 10.6. The highest BCUT2D eigenvalue weighted by molar-refractivity contribution is 7.80. The van der Waals surface area contributed by atoms with Gasteiger partial charge in [0.25, 0.3) is 0 Å². The summed E-state index contributed by atoms with van der Waals surface area (Å²) in [5.74, 6) is 4.10. The number of nitrogens with zero attached hydrogens (tertiary/aromatic N) is 3. The lowest BCUT2D eigenvalue weighted by molar-refractivity contribution is 0.456. The van der Waals surface area contributed by atoms with Crippen LogP contribution in [0.15, 0.2) is 52.9 Å². The van der Waals surface area contributed by atoms with Crippen molar-refractivity contribution in [3.8, 4) is 11.6 Å². The topological polar surface area (TPSA) is 75.5 Å². The number of aryl methyl sites for hydroxylation is 1. The molecule has 7 nitrogen and oxygen atoms in total. The fraction of sp³-hybridized carbons (Fsp3) is 0.348. The van der Waals surface area contributed by atoms with Crippen LogP contribution in [-0.2, 0) is 6.54 Å². The first-order valence-corrected chi connectivity index (χ1v) is 11.0. The highest BCUT2D eigenvalue weighted by Crippen LogP contribution is 2.28. The fourth-order valence-electron chi connectivity index (χ4n) is 3.61. The molecule has 1 aromatic carbocycles. The Morgan fingerprint density at radius 1 is 1.19 bits per heavy atom. The van der Waals surface area contributed by atoms with Crippen LogP contribution in [0.5, 0.6) is 11.6 Å². The van der Waals surface area contributed by atoms with Crippen LogP contribution in [0, 0.1) is 6.92 Å². The number of rotatable bonds is 6. The highest BCUT2D eigenvalue weighted by atomic mass is 32.1. The summed E-state index contributed by atoms with van der Waals surface area (Å²) in [4.78, 5) is 11.5. The van der Waals surface area contributed by atoms with Crippen LogP contribution < -0.4 is 20.3 Å². The molecule has 31 heavy (non-hydrogen) atoms. The van der Waals surface area contributed by atoms with Crippen LogP contribution in [0.25, 0.3) is 0 Å². The van der Waals surface area contributed by atoms with Gasteiger partial charge < -0.3 is 24.7 Å². The number of aromatic nitrogens is 2. The predicted molar refractivity (Wildman–Crippen MR) is 126 cm³/mol. The summed E-state index contributed by atoms with van der Waals surface area (Å²) in [5.41, 5.74) is 0. The number of thiocarbonyl (C=S) groups is 1. The Hall–Kier alpha value is -3.13. The van der Waals surface area contributed by atoms with Crippen LogP contribution in [0.2, 0.25) is 0 Å². The third kappa shape index (κ3) is 5.73. The van der Waals surface area contributed by atoms with Gasteiger partial charge in [0.1, 0.15) is 23.1 Å². The van der Waals surface area contributed by atoms with Crippen LogP contribution in [0.4, 0.5) is 11.8 Å². The molecule has 1 fully saturated rings. The summed E-state index contributed by atoms with van der Waals surface area (Å²) >= 11 is 5.44. The predicted octanol–water partition coefficient (Wildman–Crippen LogP) is 5.04. The zero-order valence-electron chi connectivity index (χ0n) is 17.8. The summed E-state index contributed by atoms with van der Waals surface area (Å²) in [6.07, 6.45) is 3.53.